The summed E-state index contributed by atoms with van der Waals surface area (Å²) in [7, 11) is 3.20. The van der Waals surface area contributed by atoms with Crippen LogP contribution in [-0.2, 0) is 0 Å². The van der Waals surface area contributed by atoms with E-state index in [1.165, 1.54) is 12.3 Å². The number of nitrogens with one attached hydrogen (secondary N) is 1. The van der Waals surface area contributed by atoms with Crippen molar-refractivity contribution < 1.29 is 18.7 Å². The summed E-state index contributed by atoms with van der Waals surface area (Å²) in [6.07, 6.45) is 2.38. The van der Waals surface area contributed by atoms with E-state index in [1.54, 1.807) is 26.4 Å². The average molecular weight is 382 g/mol. The van der Waals surface area contributed by atoms with E-state index in [-0.39, 0.29) is 5.56 Å². The number of benzene rings is 2. The van der Waals surface area contributed by atoms with Crippen molar-refractivity contribution in [2.75, 3.05) is 19.5 Å². The van der Waals surface area contributed by atoms with Gasteiger partial charge in [0.15, 0.2) is 5.82 Å². The molecule has 146 valence electrons. The molecule has 1 amide bonds. The molecule has 5 nitrogen and oxygen atoms in total. The number of rotatable bonds is 5. The van der Waals surface area contributed by atoms with E-state index >= 15 is 0 Å². The Labute approximate surface area is 164 Å². The molecule has 0 unspecified atom stereocenters. The van der Waals surface area contributed by atoms with Crippen molar-refractivity contribution >= 4 is 11.6 Å². The van der Waals surface area contributed by atoms with Gasteiger partial charge in [-0.15, -0.1) is 0 Å². The summed E-state index contributed by atoms with van der Waals surface area (Å²) in [5, 5.41) is 2.67. The van der Waals surface area contributed by atoms with Gasteiger partial charge in [-0.1, -0.05) is 26.0 Å². The van der Waals surface area contributed by atoms with Crippen LogP contribution in [-0.4, -0.2) is 25.1 Å². The summed E-state index contributed by atoms with van der Waals surface area (Å²) >= 11 is 0. The number of hydrogen-bond donors (Lipinski definition) is 1. The van der Waals surface area contributed by atoms with Gasteiger partial charge in [-0.05, 0) is 42.0 Å². The normalized spacial score (nSPS) is 9.75. The van der Waals surface area contributed by atoms with Crippen LogP contribution in [0, 0.1) is 5.82 Å². The molecule has 6 heteroatoms. The highest BCUT2D eigenvalue weighted by Gasteiger charge is 2.12. The van der Waals surface area contributed by atoms with Crippen LogP contribution in [0.3, 0.4) is 0 Å². The standard InChI is InChI=1S/C20H17FN2O3.C2H6/c1-25-15-7-8-19(26-2)17(11-15)13-3-5-14(6-4-13)23-20(24)16-9-10-22-12-18(16)21;1-2/h3-12H,1-2H3,(H,23,24);1-2H3. The molecule has 1 N–H and O–H groups in total. The molecule has 3 aromatic rings. The molecule has 3 rings (SSSR count). The van der Waals surface area contributed by atoms with Gasteiger partial charge in [0.2, 0.25) is 0 Å². The van der Waals surface area contributed by atoms with Gasteiger partial charge in [-0.25, -0.2) is 4.39 Å². The zero-order chi connectivity index (χ0) is 20.5. The van der Waals surface area contributed by atoms with Crippen molar-refractivity contribution in [1.82, 2.24) is 4.98 Å². The molecule has 28 heavy (non-hydrogen) atoms. The molecule has 0 aliphatic rings. The first kappa shape index (κ1) is 20.9. The van der Waals surface area contributed by atoms with Crippen molar-refractivity contribution in [1.29, 1.82) is 0 Å². The zero-order valence-electron chi connectivity index (χ0n) is 16.3. The van der Waals surface area contributed by atoms with Gasteiger partial charge in [-0.2, -0.15) is 0 Å². The van der Waals surface area contributed by atoms with Crippen molar-refractivity contribution in [2.24, 2.45) is 0 Å². The van der Waals surface area contributed by atoms with Crippen molar-refractivity contribution in [3.05, 3.63) is 72.3 Å². The lowest BCUT2D eigenvalue weighted by atomic mass is 10.0. The van der Waals surface area contributed by atoms with Gasteiger partial charge in [-0.3, -0.25) is 9.78 Å². The molecule has 0 atom stereocenters. The lowest BCUT2D eigenvalue weighted by Crippen LogP contribution is -2.13. The van der Waals surface area contributed by atoms with Crippen LogP contribution in [0.5, 0.6) is 11.5 Å². The smallest absolute Gasteiger partial charge is 0.258 e. The predicted molar refractivity (Wildman–Crippen MR) is 108 cm³/mol. The van der Waals surface area contributed by atoms with Gasteiger partial charge in [0.1, 0.15) is 11.5 Å². The minimum Gasteiger partial charge on any atom is -0.497 e. The fraction of sp³-hybridized carbons (Fsp3) is 0.182. The molecule has 0 spiro atoms. The number of nitrogens with zero attached hydrogens (tertiary/aromatic N) is 1. The Morgan fingerprint density at radius 1 is 1.00 bits per heavy atom. The Hall–Kier alpha value is -3.41. The van der Waals surface area contributed by atoms with E-state index < -0.39 is 11.7 Å². The molecule has 1 heterocycles. The highest BCUT2D eigenvalue weighted by Crippen LogP contribution is 2.33. The van der Waals surface area contributed by atoms with Gasteiger partial charge in [0, 0.05) is 17.4 Å². The second-order valence-corrected chi connectivity index (χ2v) is 5.45. The number of methoxy groups -OCH3 is 2. The van der Waals surface area contributed by atoms with E-state index in [4.69, 9.17) is 9.47 Å². The topological polar surface area (TPSA) is 60.5 Å². The largest absolute Gasteiger partial charge is 0.497 e. The van der Waals surface area contributed by atoms with E-state index in [0.717, 1.165) is 17.3 Å². The molecular weight excluding hydrogens is 359 g/mol. The number of hydrogen-bond acceptors (Lipinski definition) is 4. The van der Waals surface area contributed by atoms with Gasteiger partial charge >= 0.3 is 0 Å². The highest BCUT2D eigenvalue weighted by molar-refractivity contribution is 6.04. The molecule has 2 aromatic carbocycles. The lowest BCUT2D eigenvalue weighted by Gasteiger charge is -2.12. The number of ether oxygens (including phenoxy) is 2. The third kappa shape index (κ3) is 4.85. The molecule has 0 saturated carbocycles. The number of anilines is 1. The maximum atomic E-state index is 13.6. The third-order valence-electron chi connectivity index (χ3n) is 3.88. The number of halogens is 1. The van der Waals surface area contributed by atoms with E-state index in [9.17, 15) is 9.18 Å². The predicted octanol–water partition coefficient (Wildman–Crippen LogP) is 5.18. The third-order valence-corrected chi connectivity index (χ3v) is 3.88. The minimum absolute atomic E-state index is 0.0569. The van der Waals surface area contributed by atoms with E-state index in [1.807, 2.05) is 44.2 Å². The minimum atomic E-state index is -0.664. The summed E-state index contributed by atoms with van der Waals surface area (Å²) in [5.41, 5.74) is 2.26. The fourth-order valence-corrected chi connectivity index (χ4v) is 2.53. The number of carbonyl (C=O) groups excluding carboxylic acids is 1. The summed E-state index contributed by atoms with van der Waals surface area (Å²) < 4.78 is 24.3. The van der Waals surface area contributed by atoms with Crippen LogP contribution >= 0.6 is 0 Å². The van der Waals surface area contributed by atoms with Gasteiger partial charge in [0.25, 0.3) is 5.91 Å². The Balaban J connectivity index is 0.00000136. The first-order valence-electron chi connectivity index (χ1n) is 8.85. The Morgan fingerprint density at radius 3 is 2.32 bits per heavy atom. The average Bonchev–Trinajstić information content (AvgIpc) is 2.75. The molecule has 0 aliphatic carbocycles. The molecule has 0 fully saturated rings. The maximum Gasteiger partial charge on any atom is 0.258 e. The van der Waals surface area contributed by atoms with Crippen LogP contribution in [0.15, 0.2) is 60.9 Å². The van der Waals surface area contributed by atoms with Gasteiger partial charge in [0.05, 0.1) is 26.0 Å². The summed E-state index contributed by atoms with van der Waals surface area (Å²) in [6, 6.07) is 14.0. The summed E-state index contributed by atoms with van der Waals surface area (Å²) in [4.78, 5) is 15.8. The van der Waals surface area contributed by atoms with Crippen LogP contribution in [0.25, 0.3) is 11.1 Å². The second-order valence-electron chi connectivity index (χ2n) is 5.45. The van der Waals surface area contributed by atoms with Crippen LogP contribution in [0.1, 0.15) is 24.2 Å². The lowest BCUT2D eigenvalue weighted by molar-refractivity contribution is 0.102. The molecule has 0 aliphatic heterocycles. The number of carbonyl (C=O) groups is 1. The summed E-state index contributed by atoms with van der Waals surface area (Å²) in [5.74, 6) is 0.229. The number of pyridine rings is 1. The Morgan fingerprint density at radius 2 is 1.71 bits per heavy atom. The first-order chi connectivity index (χ1) is 13.6. The SMILES string of the molecule is CC.COc1ccc(OC)c(-c2ccc(NC(=O)c3ccncc3F)cc2)c1. The van der Waals surface area contributed by atoms with Crippen molar-refractivity contribution in [3.8, 4) is 22.6 Å². The molecule has 0 saturated heterocycles. The second kappa shape index (κ2) is 10.1. The monoisotopic (exact) mass is 382 g/mol. The van der Waals surface area contributed by atoms with Crippen molar-refractivity contribution in [3.63, 3.8) is 0 Å². The molecule has 1 aromatic heterocycles. The van der Waals surface area contributed by atoms with Crippen LogP contribution in [0.2, 0.25) is 0 Å². The Bertz CT molecular complexity index is 927. The van der Waals surface area contributed by atoms with Crippen LogP contribution < -0.4 is 14.8 Å². The van der Waals surface area contributed by atoms with E-state index in [0.29, 0.717) is 17.2 Å². The van der Waals surface area contributed by atoms with E-state index in [2.05, 4.69) is 10.3 Å². The highest BCUT2D eigenvalue weighted by atomic mass is 19.1. The van der Waals surface area contributed by atoms with Crippen LogP contribution in [0.4, 0.5) is 10.1 Å². The number of amides is 1. The number of aromatic nitrogens is 1. The molecular formula is C22H23FN2O3. The summed E-state index contributed by atoms with van der Waals surface area (Å²) in [6.45, 7) is 4.00. The first-order valence-corrected chi connectivity index (χ1v) is 8.85. The van der Waals surface area contributed by atoms with Gasteiger partial charge < -0.3 is 14.8 Å². The molecule has 0 radical (unpaired) electrons. The quantitative estimate of drug-likeness (QED) is 0.660. The Kier molecular flexibility index (Phi) is 7.51. The fourth-order valence-electron chi connectivity index (χ4n) is 2.53. The maximum absolute atomic E-state index is 13.6. The molecule has 0 bridgehead atoms. The zero-order valence-corrected chi connectivity index (χ0v) is 16.3. The van der Waals surface area contributed by atoms with Crippen molar-refractivity contribution in [2.45, 2.75) is 13.8 Å².